The van der Waals surface area contributed by atoms with Gasteiger partial charge in [0.05, 0.1) is 36.9 Å². The number of nitrogens with zero attached hydrogens (tertiary/aromatic N) is 5. The van der Waals surface area contributed by atoms with E-state index in [9.17, 15) is 9.59 Å². The van der Waals surface area contributed by atoms with Crippen molar-refractivity contribution in [1.29, 1.82) is 5.41 Å². The van der Waals surface area contributed by atoms with Gasteiger partial charge in [-0.05, 0) is 25.0 Å². The quantitative estimate of drug-likeness (QED) is 0.345. The van der Waals surface area contributed by atoms with Crippen molar-refractivity contribution in [2.45, 2.75) is 24.8 Å². The summed E-state index contributed by atoms with van der Waals surface area (Å²) in [5.74, 6) is -0.722. The highest BCUT2D eigenvalue weighted by Crippen LogP contribution is 2.39. The summed E-state index contributed by atoms with van der Waals surface area (Å²) in [4.78, 5) is 43.7. The molecule has 2 amide bonds. The number of anilines is 2. The van der Waals surface area contributed by atoms with E-state index in [1.807, 2.05) is 6.07 Å². The molecule has 2 aromatic heterocycles. The molecule has 0 aliphatic heterocycles. The number of methoxy groups -OCH3 is 1. The molecule has 0 aromatic carbocycles. The summed E-state index contributed by atoms with van der Waals surface area (Å²) >= 11 is 0. The van der Waals surface area contributed by atoms with Crippen molar-refractivity contribution >= 4 is 35.1 Å². The van der Waals surface area contributed by atoms with E-state index in [1.54, 1.807) is 39.7 Å². The maximum absolute atomic E-state index is 13.3. The van der Waals surface area contributed by atoms with Crippen LogP contribution in [0, 0.1) is 5.41 Å². The standard InChI is InChI=1S/C22H28N8O3/c1-30(2)22(32)19(23)18(12-24-8-9-33-3)29-21(31)20-17(27-15-10-25-13-26-11-15)7-6-16(28-20)14-4-5-14/h6-7,10-14,18,23,27H,4-5,8-9H2,1-3H3,(H,29,31). The molecule has 2 aromatic rings. The molecule has 11 nitrogen and oxygen atoms in total. The number of pyridine rings is 1. The van der Waals surface area contributed by atoms with E-state index in [-0.39, 0.29) is 11.4 Å². The molecule has 0 spiro atoms. The number of aromatic nitrogens is 3. The Morgan fingerprint density at radius 1 is 1.30 bits per heavy atom. The van der Waals surface area contributed by atoms with Gasteiger partial charge in [0.2, 0.25) is 0 Å². The number of amides is 2. The van der Waals surface area contributed by atoms with Crippen molar-refractivity contribution in [2.24, 2.45) is 4.99 Å². The molecule has 1 aliphatic rings. The molecule has 3 rings (SSSR count). The molecule has 174 valence electrons. The predicted molar refractivity (Wildman–Crippen MR) is 124 cm³/mol. The monoisotopic (exact) mass is 452 g/mol. The Morgan fingerprint density at radius 3 is 2.67 bits per heavy atom. The number of carbonyl (C=O) groups excluding carboxylic acids is 2. The molecule has 0 bridgehead atoms. The fourth-order valence-electron chi connectivity index (χ4n) is 2.97. The summed E-state index contributed by atoms with van der Waals surface area (Å²) in [6.07, 6.45) is 8.02. The van der Waals surface area contributed by atoms with Crippen LogP contribution < -0.4 is 10.6 Å². The third kappa shape index (κ3) is 6.62. The van der Waals surface area contributed by atoms with Gasteiger partial charge in [-0.25, -0.2) is 15.0 Å². The first kappa shape index (κ1) is 23.9. The van der Waals surface area contributed by atoms with Gasteiger partial charge in [-0.15, -0.1) is 0 Å². The molecule has 0 radical (unpaired) electrons. The number of hydrogen-bond acceptors (Lipinski definition) is 9. The van der Waals surface area contributed by atoms with Crippen LogP contribution in [0.3, 0.4) is 0 Å². The Morgan fingerprint density at radius 2 is 2.03 bits per heavy atom. The SMILES string of the molecule is COCCN=CC(NC(=O)c1nc(C2CC2)ccc1Nc1cncnc1)C(=N)C(=O)N(C)C. The second-order valence-corrected chi connectivity index (χ2v) is 7.77. The van der Waals surface area contributed by atoms with E-state index in [1.165, 1.54) is 17.4 Å². The van der Waals surface area contributed by atoms with Crippen molar-refractivity contribution in [3.05, 3.63) is 42.2 Å². The highest BCUT2D eigenvalue weighted by atomic mass is 16.5. The molecule has 11 heteroatoms. The van der Waals surface area contributed by atoms with Crippen LogP contribution in [0.4, 0.5) is 11.4 Å². The summed E-state index contributed by atoms with van der Waals surface area (Å²) < 4.78 is 4.98. The van der Waals surface area contributed by atoms with Gasteiger partial charge in [0, 0.05) is 39.0 Å². The van der Waals surface area contributed by atoms with Crippen LogP contribution >= 0.6 is 0 Å². The number of carbonyl (C=O) groups is 2. The number of hydrogen-bond donors (Lipinski definition) is 3. The van der Waals surface area contributed by atoms with Crippen molar-refractivity contribution in [2.75, 3.05) is 39.7 Å². The summed E-state index contributed by atoms with van der Waals surface area (Å²) in [5, 5.41) is 14.1. The predicted octanol–water partition coefficient (Wildman–Crippen LogP) is 1.42. The number of ether oxygens (including phenoxy) is 1. The van der Waals surface area contributed by atoms with Gasteiger partial charge in [-0.1, -0.05) is 0 Å². The third-order valence-electron chi connectivity index (χ3n) is 4.88. The van der Waals surface area contributed by atoms with Gasteiger partial charge in [0.25, 0.3) is 11.8 Å². The van der Waals surface area contributed by atoms with E-state index >= 15 is 0 Å². The van der Waals surface area contributed by atoms with Crippen LogP contribution in [0.1, 0.15) is 34.9 Å². The fourth-order valence-corrected chi connectivity index (χ4v) is 2.97. The molecule has 1 aliphatic carbocycles. The van der Waals surface area contributed by atoms with Gasteiger partial charge in [0.1, 0.15) is 18.1 Å². The molecule has 0 saturated heterocycles. The highest BCUT2D eigenvalue weighted by molar-refractivity contribution is 6.42. The van der Waals surface area contributed by atoms with Gasteiger partial charge < -0.3 is 20.3 Å². The maximum Gasteiger partial charge on any atom is 0.272 e. The van der Waals surface area contributed by atoms with Crippen LogP contribution in [-0.4, -0.2) is 84.0 Å². The largest absolute Gasteiger partial charge is 0.383 e. The van der Waals surface area contributed by atoms with Crippen molar-refractivity contribution in [1.82, 2.24) is 25.2 Å². The van der Waals surface area contributed by atoms with Gasteiger partial charge in [0.15, 0.2) is 5.69 Å². The van der Waals surface area contributed by atoms with Crippen LogP contribution in [-0.2, 0) is 9.53 Å². The minimum atomic E-state index is -1.02. The van der Waals surface area contributed by atoms with Gasteiger partial charge >= 0.3 is 0 Å². The molecule has 2 heterocycles. The zero-order valence-corrected chi connectivity index (χ0v) is 18.9. The first-order valence-corrected chi connectivity index (χ1v) is 10.5. The maximum atomic E-state index is 13.3. The fraction of sp³-hybridized carbons (Fsp3) is 0.409. The molecule has 1 atom stereocenters. The molecular weight excluding hydrogens is 424 g/mol. The smallest absolute Gasteiger partial charge is 0.272 e. The second kappa shape index (κ2) is 11.2. The highest BCUT2D eigenvalue weighted by Gasteiger charge is 2.29. The third-order valence-corrected chi connectivity index (χ3v) is 4.88. The Kier molecular flexibility index (Phi) is 8.14. The zero-order valence-electron chi connectivity index (χ0n) is 18.9. The van der Waals surface area contributed by atoms with Gasteiger partial charge in [-0.3, -0.25) is 20.0 Å². The average Bonchev–Trinajstić information content (AvgIpc) is 3.66. The van der Waals surface area contributed by atoms with E-state index in [0.29, 0.717) is 30.4 Å². The molecule has 3 N–H and O–H groups in total. The first-order chi connectivity index (χ1) is 15.9. The summed E-state index contributed by atoms with van der Waals surface area (Å²) in [6, 6.07) is 2.66. The lowest BCUT2D eigenvalue weighted by atomic mass is 10.1. The summed E-state index contributed by atoms with van der Waals surface area (Å²) in [6.45, 7) is 0.715. The lowest BCUT2D eigenvalue weighted by Gasteiger charge is -2.19. The van der Waals surface area contributed by atoms with Gasteiger partial charge in [-0.2, -0.15) is 0 Å². The lowest BCUT2D eigenvalue weighted by molar-refractivity contribution is -0.121. The Bertz CT molecular complexity index is 1020. The van der Waals surface area contributed by atoms with Crippen molar-refractivity contribution in [3.63, 3.8) is 0 Å². The summed E-state index contributed by atoms with van der Waals surface area (Å²) in [7, 11) is 4.64. The first-order valence-electron chi connectivity index (χ1n) is 10.5. The van der Waals surface area contributed by atoms with Crippen LogP contribution in [0.25, 0.3) is 0 Å². The Labute approximate surface area is 192 Å². The van der Waals surface area contributed by atoms with E-state index in [2.05, 4.69) is 30.6 Å². The Hall–Kier alpha value is -3.73. The molecule has 1 saturated carbocycles. The van der Waals surface area contributed by atoms with Crippen LogP contribution in [0.2, 0.25) is 0 Å². The van der Waals surface area contributed by atoms with E-state index in [0.717, 1.165) is 18.5 Å². The number of aliphatic imine (C=N–C) groups is 1. The average molecular weight is 453 g/mol. The normalized spacial score (nSPS) is 14.0. The van der Waals surface area contributed by atoms with Crippen molar-refractivity contribution in [3.8, 4) is 0 Å². The topological polar surface area (TPSA) is 146 Å². The number of rotatable bonds is 11. The minimum absolute atomic E-state index is 0.156. The molecule has 33 heavy (non-hydrogen) atoms. The van der Waals surface area contributed by atoms with E-state index < -0.39 is 17.9 Å². The Balaban J connectivity index is 1.87. The zero-order chi connectivity index (χ0) is 23.8. The second-order valence-electron chi connectivity index (χ2n) is 7.77. The van der Waals surface area contributed by atoms with Crippen LogP contribution in [0.5, 0.6) is 0 Å². The molecule has 1 fully saturated rings. The van der Waals surface area contributed by atoms with Crippen molar-refractivity contribution < 1.29 is 14.3 Å². The lowest BCUT2D eigenvalue weighted by Crippen LogP contribution is -2.48. The number of nitrogens with one attached hydrogen (secondary N) is 3. The van der Waals surface area contributed by atoms with E-state index in [4.69, 9.17) is 10.1 Å². The summed E-state index contributed by atoms with van der Waals surface area (Å²) in [5.41, 5.74) is 1.75. The minimum Gasteiger partial charge on any atom is -0.383 e. The molecular formula is C22H28N8O3. The molecule has 1 unspecified atom stereocenters. The van der Waals surface area contributed by atoms with Crippen LogP contribution in [0.15, 0.2) is 35.8 Å².